The fourth-order valence-corrected chi connectivity index (χ4v) is 3.75. The quantitative estimate of drug-likeness (QED) is 0.363. The Balaban J connectivity index is 2.03. The first kappa shape index (κ1) is 20.2. The molecule has 1 atom stereocenters. The molecule has 1 aliphatic rings. The predicted octanol–water partition coefficient (Wildman–Crippen LogP) is 5.16. The average molecular weight is 324 g/mol. The van der Waals surface area contributed by atoms with E-state index in [-0.39, 0.29) is 0 Å². The molecule has 1 fully saturated rings. The van der Waals surface area contributed by atoms with Crippen molar-refractivity contribution in [1.82, 2.24) is 5.32 Å². The molecular formula is C20H37NO2. The molecule has 0 saturated heterocycles. The Morgan fingerprint density at radius 1 is 1.13 bits per heavy atom. The average Bonchev–Trinajstić information content (AvgIpc) is 2.54. The highest BCUT2D eigenvalue weighted by atomic mass is 16.4. The molecule has 0 aromatic carbocycles. The van der Waals surface area contributed by atoms with Crippen LogP contribution in [-0.2, 0) is 4.79 Å². The molecule has 2 N–H and O–H groups in total. The first-order valence-corrected chi connectivity index (χ1v) is 9.73. The van der Waals surface area contributed by atoms with Crippen LogP contribution in [-0.4, -0.2) is 24.7 Å². The van der Waals surface area contributed by atoms with Crippen LogP contribution < -0.4 is 5.32 Å². The van der Waals surface area contributed by atoms with Gasteiger partial charge in [-0.2, -0.15) is 0 Å². The summed E-state index contributed by atoms with van der Waals surface area (Å²) in [5.74, 6) is 0.937. The van der Waals surface area contributed by atoms with Crippen LogP contribution in [0.4, 0.5) is 0 Å². The summed E-state index contributed by atoms with van der Waals surface area (Å²) in [5, 5.41) is 12.0. The molecule has 1 aliphatic carbocycles. The molecular weight excluding hydrogens is 286 g/mol. The van der Waals surface area contributed by atoms with Crippen LogP contribution in [0.2, 0.25) is 0 Å². The maximum Gasteiger partial charge on any atom is 0.303 e. The van der Waals surface area contributed by atoms with Crippen LogP contribution in [0.15, 0.2) is 12.2 Å². The van der Waals surface area contributed by atoms with Gasteiger partial charge >= 0.3 is 5.97 Å². The highest BCUT2D eigenvalue weighted by Crippen LogP contribution is 2.27. The zero-order valence-corrected chi connectivity index (χ0v) is 15.1. The minimum atomic E-state index is -0.672. The van der Waals surface area contributed by atoms with Crippen molar-refractivity contribution in [2.45, 2.75) is 83.5 Å². The highest BCUT2D eigenvalue weighted by molar-refractivity contribution is 5.66. The van der Waals surface area contributed by atoms with Crippen molar-refractivity contribution < 1.29 is 9.90 Å². The van der Waals surface area contributed by atoms with Crippen LogP contribution in [0.1, 0.15) is 83.5 Å². The van der Waals surface area contributed by atoms with Gasteiger partial charge in [-0.25, -0.2) is 0 Å². The van der Waals surface area contributed by atoms with Crippen molar-refractivity contribution in [2.24, 2.45) is 11.8 Å². The first-order chi connectivity index (χ1) is 11.2. The summed E-state index contributed by atoms with van der Waals surface area (Å²) in [6.07, 6.45) is 20.4. The Bertz CT molecular complexity index is 322. The largest absolute Gasteiger partial charge is 0.481 e. The normalized spacial score (nSPS) is 17.6. The van der Waals surface area contributed by atoms with Gasteiger partial charge < -0.3 is 10.4 Å². The van der Waals surface area contributed by atoms with Gasteiger partial charge in [0.25, 0.3) is 0 Å². The summed E-state index contributed by atoms with van der Waals surface area (Å²) < 4.78 is 0. The van der Waals surface area contributed by atoms with Crippen molar-refractivity contribution in [1.29, 1.82) is 0 Å². The fraction of sp³-hybridized carbons (Fsp3) is 0.850. The molecule has 0 unspecified atom stereocenters. The zero-order chi connectivity index (χ0) is 16.8. The van der Waals surface area contributed by atoms with Gasteiger partial charge in [0.15, 0.2) is 0 Å². The third kappa shape index (κ3) is 11.4. The second-order valence-electron chi connectivity index (χ2n) is 7.19. The lowest BCUT2D eigenvalue weighted by Crippen LogP contribution is -2.19. The van der Waals surface area contributed by atoms with Crippen LogP contribution in [0.25, 0.3) is 0 Å². The molecule has 3 nitrogen and oxygen atoms in total. The van der Waals surface area contributed by atoms with Gasteiger partial charge in [0.2, 0.25) is 0 Å². The van der Waals surface area contributed by atoms with E-state index in [0.717, 1.165) is 25.3 Å². The Kier molecular flexibility index (Phi) is 11.9. The van der Waals surface area contributed by atoms with E-state index in [1.807, 2.05) is 7.05 Å². The number of carboxylic acid groups (broad SMARTS) is 1. The van der Waals surface area contributed by atoms with Crippen molar-refractivity contribution in [3.05, 3.63) is 12.2 Å². The van der Waals surface area contributed by atoms with Gasteiger partial charge in [-0.1, -0.05) is 44.3 Å². The lowest BCUT2D eigenvalue weighted by Gasteiger charge is -2.20. The second-order valence-corrected chi connectivity index (χ2v) is 7.19. The molecule has 0 heterocycles. The van der Waals surface area contributed by atoms with Crippen molar-refractivity contribution in [3.8, 4) is 0 Å². The second kappa shape index (κ2) is 13.6. The maximum atomic E-state index is 10.6. The number of rotatable bonds is 13. The Morgan fingerprint density at radius 2 is 1.83 bits per heavy atom. The predicted molar refractivity (Wildman–Crippen MR) is 97.7 cm³/mol. The summed E-state index contributed by atoms with van der Waals surface area (Å²) in [7, 11) is 1.98. The van der Waals surface area contributed by atoms with Gasteiger partial charge in [0, 0.05) is 6.42 Å². The lowest BCUT2D eigenvalue weighted by molar-refractivity contribution is -0.137. The van der Waals surface area contributed by atoms with Gasteiger partial charge in [0.1, 0.15) is 0 Å². The fourth-order valence-electron chi connectivity index (χ4n) is 3.75. The number of allylic oxidation sites excluding steroid dienone is 2. The third-order valence-electron chi connectivity index (χ3n) is 5.11. The minimum Gasteiger partial charge on any atom is -0.481 e. The van der Waals surface area contributed by atoms with Crippen LogP contribution >= 0.6 is 0 Å². The van der Waals surface area contributed by atoms with E-state index >= 15 is 0 Å². The summed E-state index contributed by atoms with van der Waals surface area (Å²) >= 11 is 0. The maximum absolute atomic E-state index is 10.6. The monoisotopic (exact) mass is 323 g/mol. The number of hydrogen-bond donors (Lipinski definition) is 2. The topological polar surface area (TPSA) is 49.3 Å². The van der Waals surface area contributed by atoms with E-state index in [1.54, 1.807) is 0 Å². The van der Waals surface area contributed by atoms with Crippen LogP contribution in [0.5, 0.6) is 0 Å². The molecule has 0 spiro atoms. The Hall–Kier alpha value is -0.830. The van der Waals surface area contributed by atoms with Gasteiger partial charge in [-0.05, 0) is 70.4 Å². The van der Waals surface area contributed by atoms with Gasteiger partial charge in [0.05, 0.1) is 0 Å². The summed E-state index contributed by atoms with van der Waals surface area (Å²) in [6.45, 7) is 1.00. The number of carboxylic acids is 1. The number of unbranched alkanes of at least 4 members (excludes halogenated alkanes) is 1. The van der Waals surface area contributed by atoms with Crippen molar-refractivity contribution in [3.63, 3.8) is 0 Å². The van der Waals surface area contributed by atoms with Crippen LogP contribution in [0, 0.1) is 11.8 Å². The Morgan fingerprint density at radius 3 is 2.52 bits per heavy atom. The Labute approximate surface area is 142 Å². The van der Waals surface area contributed by atoms with E-state index in [4.69, 9.17) is 5.11 Å². The first-order valence-electron chi connectivity index (χ1n) is 9.73. The molecule has 0 bridgehead atoms. The highest BCUT2D eigenvalue weighted by Gasteiger charge is 2.11. The third-order valence-corrected chi connectivity index (χ3v) is 5.11. The van der Waals surface area contributed by atoms with E-state index in [9.17, 15) is 4.79 Å². The summed E-state index contributed by atoms with van der Waals surface area (Å²) in [5.41, 5.74) is 0. The van der Waals surface area contributed by atoms with Crippen LogP contribution in [0.3, 0.4) is 0 Å². The molecule has 23 heavy (non-hydrogen) atoms. The number of carbonyl (C=O) groups is 1. The standard InChI is InChI=1S/C20H37NO2/c1-21-17-19(15-10-16-20(22)23)14-7-4-2-3-6-11-18-12-8-5-9-13-18/h2-3,18-19,21H,4-17H2,1H3,(H,22,23)/b3-2-/t19-/m1/s1. The van der Waals surface area contributed by atoms with Crippen molar-refractivity contribution >= 4 is 5.97 Å². The SMILES string of the molecule is CNC[C@H](CCC/C=C\CCC1CCCCC1)CCCC(=O)O. The molecule has 0 aliphatic heterocycles. The molecule has 134 valence electrons. The molecule has 0 radical (unpaired) electrons. The van der Waals surface area contributed by atoms with E-state index in [1.165, 1.54) is 64.2 Å². The summed E-state index contributed by atoms with van der Waals surface area (Å²) in [4.78, 5) is 10.6. The molecule has 1 rings (SSSR count). The molecule has 1 saturated carbocycles. The number of nitrogens with one attached hydrogen (secondary N) is 1. The molecule has 3 heteroatoms. The van der Waals surface area contributed by atoms with Gasteiger partial charge in [-0.15, -0.1) is 0 Å². The smallest absolute Gasteiger partial charge is 0.303 e. The minimum absolute atomic E-state index is 0.307. The molecule has 0 amide bonds. The van der Waals surface area contributed by atoms with E-state index in [2.05, 4.69) is 17.5 Å². The van der Waals surface area contributed by atoms with Gasteiger partial charge in [-0.3, -0.25) is 4.79 Å². The van der Waals surface area contributed by atoms with Crippen molar-refractivity contribution in [2.75, 3.05) is 13.6 Å². The molecule has 0 aromatic heterocycles. The van der Waals surface area contributed by atoms with E-state index in [0.29, 0.717) is 12.3 Å². The van der Waals surface area contributed by atoms with E-state index < -0.39 is 5.97 Å². The lowest BCUT2D eigenvalue weighted by atomic mass is 9.86. The number of hydrogen-bond acceptors (Lipinski definition) is 2. The number of aliphatic carboxylic acids is 1. The summed E-state index contributed by atoms with van der Waals surface area (Å²) in [6, 6.07) is 0. The zero-order valence-electron chi connectivity index (χ0n) is 15.1. The molecule has 0 aromatic rings.